The van der Waals surface area contributed by atoms with Crippen molar-refractivity contribution >= 4 is 0 Å². The molecule has 1 rings (SSSR count). The van der Waals surface area contributed by atoms with E-state index in [0.717, 1.165) is 28.4 Å². The molecule has 1 aromatic carbocycles. The molecule has 0 spiro atoms. The fourth-order valence-electron chi connectivity index (χ4n) is 0.534. The Kier molecular flexibility index (Phi) is 60.2. The van der Waals surface area contributed by atoms with Crippen molar-refractivity contribution in [2.75, 3.05) is 28.4 Å². The third kappa shape index (κ3) is 32.1. The molecule has 0 heterocycles. The van der Waals surface area contributed by atoms with Crippen LogP contribution in [0.25, 0.3) is 0 Å². The quantitative estimate of drug-likeness (QED) is 0.511. The molecule has 1 aromatic rings. The molecule has 0 aromatic heterocycles. The summed E-state index contributed by atoms with van der Waals surface area (Å²) in [6, 6.07) is 10.3. The second-order valence-electron chi connectivity index (χ2n) is 1.65. The van der Waals surface area contributed by atoms with Crippen LogP contribution < -0.4 is 0 Å². The van der Waals surface area contributed by atoms with Crippen molar-refractivity contribution in [1.82, 2.24) is 0 Å². The van der Waals surface area contributed by atoms with Crippen molar-refractivity contribution in [3.05, 3.63) is 35.9 Å². The third-order valence-electron chi connectivity index (χ3n) is 0.940. The van der Waals surface area contributed by atoms with Gasteiger partial charge >= 0.3 is 0 Å². The summed E-state index contributed by atoms with van der Waals surface area (Å²) >= 11 is 0. The maximum atomic E-state index is 7.00. The zero-order chi connectivity index (χ0) is 13.1. The first-order valence-corrected chi connectivity index (χ1v) is 4.20. The van der Waals surface area contributed by atoms with Crippen LogP contribution in [0, 0.1) is 6.92 Å². The number of aryl methyl sites for hydroxylation is 1. The Morgan fingerprint density at radius 2 is 0.867 bits per heavy atom. The summed E-state index contributed by atoms with van der Waals surface area (Å²) in [5.74, 6) is 0. The average molecular weight is 220 g/mol. The second kappa shape index (κ2) is 38.1. The molecular formula is C11H24O4. The van der Waals surface area contributed by atoms with Crippen LogP contribution in [0.5, 0.6) is 0 Å². The van der Waals surface area contributed by atoms with Gasteiger partial charge in [-0.3, -0.25) is 0 Å². The molecule has 0 fully saturated rings. The Bertz CT molecular complexity index is 143. The average Bonchev–Trinajstić information content (AvgIpc) is 2.40. The van der Waals surface area contributed by atoms with Gasteiger partial charge in [-0.05, 0) is 6.92 Å². The van der Waals surface area contributed by atoms with E-state index in [9.17, 15) is 0 Å². The monoisotopic (exact) mass is 220 g/mol. The lowest BCUT2D eigenvalue weighted by molar-refractivity contribution is 0.399. The molecular weight excluding hydrogens is 196 g/mol. The minimum atomic E-state index is 1.00. The van der Waals surface area contributed by atoms with Crippen LogP contribution in [0.4, 0.5) is 0 Å². The van der Waals surface area contributed by atoms with Gasteiger partial charge in [-0.25, -0.2) is 0 Å². The fraction of sp³-hybridized carbons (Fsp3) is 0.455. The smallest absolute Gasteiger partial charge is 0.0319 e. The molecule has 0 radical (unpaired) electrons. The minimum absolute atomic E-state index is 1.00. The van der Waals surface area contributed by atoms with Crippen LogP contribution >= 0.6 is 0 Å². The Balaban J connectivity index is -0.0000000650. The molecule has 0 saturated heterocycles. The molecule has 0 saturated carbocycles. The van der Waals surface area contributed by atoms with E-state index in [-0.39, 0.29) is 0 Å². The topological polar surface area (TPSA) is 80.9 Å². The maximum Gasteiger partial charge on any atom is 0.0319 e. The Morgan fingerprint density at radius 3 is 1.00 bits per heavy atom. The highest BCUT2D eigenvalue weighted by Crippen LogP contribution is 1.92. The van der Waals surface area contributed by atoms with E-state index in [1.165, 1.54) is 5.56 Å². The molecule has 0 atom stereocenters. The van der Waals surface area contributed by atoms with Gasteiger partial charge in [0.25, 0.3) is 0 Å². The van der Waals surface area contributed by atoms with Gasteiger partial charge in [-0.2, -0.15) is 0 Å². The Morgan fingerprint density at radius 1 is 0.600 bits per heavy atom. The summed E-state index contributed by atoms with van der Waals surface area (Å²) in [7, 11) is 4.00. The van der Waals surface area contributed by atoms with Crippen LogP contribution in [0.3, 0.4) is 0 Å². The summed E-state index contributed by atoms with van der Waals surface area (Å²) in [4.78, 5) is 0. The molecule has 92 valence electrons. The van der Waals surface area contributed by atoms with E-state index < -0.39 is 0 Å². The van der Waals surface area contributed by atoms with E-state index in [1.807, 2.05) is 18.2 Å². The molecule has 0 aliphatic rings. The fourth-order valence-corrected chi connectivity index (χ4v) is 0.534. The second-order valence-corrected chi connectivity index (χ2v) is 1.65. The lowest BCUT2D eigenvalue weighted by atomic mass is 10.2. The van der Waals surface area contributed by atoms with Crippen molar-refractivity contribution in [2.45, 2.75) is 6.92 Å². The highest BCUT2D eigenvalue weighted by molar-refractivity contribution is 5.11. The SMILES string of the molecule is CO.CO.CO.CO.Cc1ccccc1. The van der Waals surface area contributed by atoms with E-state index >= 15 is 0 Å². The molecule has 0 unspecified atom stereocenters. The molecule has 0 aliphatic heterocycles. The van der Waals surface area contributed by atoms with Gasteiger partial charge in [0, 0.05) is 28.4 Å². The van der Waals surface area contributed by atoms with Gasteiger partial charge in [-0.15, -0.1) is 0 Å². The molecule has 0 aliphatic carbocycles. The lowest BCUT2D eigenvalue weighted by Crippen LogP contribution is -1.62. The normalized spacial score (nSPS) is 5.67. The van der Waals surface area contributed by atoms with Gasteiger partial charge in [0.15, 0.2) is 0 Å². The lowest BCUT2D eigenvalue weighted by Gasteiger charge is -1.82. The number of hydrogen-bond donors (Lipinski definition) is 4. The van der Waals surface area contributed by atoms with E-state index in [0.29, 0.717) is 0 Å². The summed E-state index contributed by atoms with van der Waals surface area (Å²) in [6.45, 7) is 2.08. The summed E-state index contributed by atoms with van der Waals surface area (Å²) in [5.41, 5.74) is 1.32. The van der Waals surface area contributed by atoms with Gasteiger partial charge in [-0.1, -0.05) is 35.9 Å². The van der Waals surface area contributed by atoms with Gasteiger partial charge < -0.3 is 20.4 Å². The van der Waals surface area contributed by atoms with Crippen LogP contribution in [0.2, 0.25) is 0 Å². The van der Waals surface area contributed by atoms with Crippen molar-refractivity contribution in [2.24, 2.45) is 0 Å². The minimum Gasteiger partial charge on any atom is -0.400 e. The highest BCUT2D eigenvalue weighted by atomic mass is 16.2. The molecule has 4 N–H and O–H groups in total. The zero-order valence-corrected chi connectivity index (χ0v) is 10.2. The predicted octanol–water partition coefficient (Wildman–Crippen LogP) is 0.429. The molecule has 4 heteroatoms. The summed E-state index contributed by atoms with van der Waals surface area (Å²) < 4.78 is 0. The van der Waals surface area contributed by atoms with Gasteiger partial charge in [0.2, 0.25) is 0 Å². The third-order valence-corrected chi connectivity index (χ3v) is 0.940. The first-order chi connectivity index (χ1) is 7.39. The standard InChI is InChI=1S/C7H8.4CH4O/c1-7-5-3-2-4-6-7;4*1-2/h2-6H,1H3;4*2H,1H3. The summed E-state index contributed by atoms with van der Waals surface area (Å²) in [6.07, 6.45) is 0. The number of hydrogen-bond acceptors (Lipinski definition) is 4. The van der Waals surface area contributed by atoms with Crippen molar-refractivity contribution in [1.29, 1.82) is 0 Å². The molecule has 0 amide bonds. The highest BCUT2D eigenvalue weighted by Gasteiger charge is 1.72. The van der Waals surface area contributed by atoms with Crippen molar-refractivity contribution < 1.29 is 20.4 Å². The van der Waals surface area contributed by atoms with Crippen molar-refractivity contribution in [3.8, 4) is 0 Å². The Labute approximate surface area is 92.5 Å². The first kappa shape index (κ1) is 23.7. The van der Waals surface area contributed by atoms with Crippen LogP contribution in [-0.2, 0) is 0 Å². The van der Waals surface area contributed by atoms with Gasteiger partial charge in [0.05, 0.1) is 0 Å². The predicted molar refractivity (Wildman–Crippen MR) is 63.8 cm³/mol. The van der Waals surface area contributed by atoms with Crippen LogP contribution in [0.1, 0.15) is 5.56 Å². The van der Waals surface area contributed by atoms with Crippen LogP contribution in [-0.4, -0.2) is 48.9 Å². The molecule has 4 nitrogen and oxygen atoms in total. The van der Waals surface area contributed by atoms with E-state index in [2.05, 4.69) is 19.1 Å². The maximum absolute atomic E-state index is 7.00. The van der Waals surface area contributed by atoms with E-state index in [1.54, 1.807) is 0 Å². The first-order valence-electron chi connectivity index (χ1n) is 4.20. The molecule has 0 bridgehead atoms. The number of benzene rings is 1. The number of aliphatic hydroxyl groups is 4. The van der Waals surface area contributed by atoms with E-state index in [4.69, 9.17) is 20.4 Å². The zero-order valence-electron chi connectivity index (χ0n) is 10.2. The number of aliphatic hydroxyl groups excluding tert-OH is 4. The van der Waals surface area contributed by atoms with Crippen LogP contribution in [0.15, 0.2) is 30.3 Å². The summed E-state index contributed by atoms with van der Waals surface area (Å²) in [5, 5.41) is 28.0. The van der Waals surface area contributed by atoms with Gasteiger partial charge in [0.1, 0.15) is 0 Å². The van der Waals surface area contributed by atoms with Crippen molar-refractivity contribution in [3.63, 3.8) is 0 Å². The Hall–Kier alpha value is -0.940. The molecule has 15 heavy (non-hydrogen) atoms. The largest absolute Gasteiger partial charge is 0.400 e. The number of rotatable bonds is 0.